The van der Waals surface area contributed by atoms with Crippen molar-refractivity contribution in [2.45, 2.75) is 40.2 Å². The molecule has 1 aromatic carbocycles. The molecule has 0 aliphatic heterocycles. The van der Waals surface area contributed by atoms with Crippen molar-refractivity contribution in [2.24, 2.45) is 5.92 Å². The molecule has 6 heteroatoms. The summed E-state index contributed by atoms with van der Waals surface area (Å²) in [5, 5.41) is 4.07. The van der Waals surface area contributed by atoms with Gasteiger partial charge in [-0.15, -0.1) is 0 Å². The van der Waals surface area contributed by atoms with E-state index in [2.05, 4.69) is 10.1 Å². The van der Waals surface area contributed by atoms with E-state index in [0.717, 1.165) is 16.9 Å². The Balaban J connectivity index is 1.66. The maximum Gasteiger partial charge on any atom is 0.228 e. The summed E-state index contributed by atoms with van der Waals surface area (Å²) in [7, 11) is 0. The van der Waals surface area contributed by atoms with Gasteiger partial charge in [0.05, 0.1) is 12.8 Å². The molecule has 0 radical (unpaired) electrons. The van der Waals surface area contributed by atoms with E-state index in [1.54, 1.807) is 11.2 Å². The largest absolute Gasteiger partial charge is 0.467 e. The number of furan rings is 1. The molecule has 6 nitrogen and oxygen atoms in total. The van der Waals surface area contributed by atoms with E-state index in [9.17, 15) is 4.79 Å². The number of benzene rings is 1. The zero-order chi connectivity index (χ0) is 19.2. The summed E-state index contributed by atoms with van der Waals surface area (Å²) < 4.78 is 10.8. The predicted octanol–water partition coefficient (Wildman–Crippen LogP) is 4.26. The third-order valence-corrected chi connectivity index (χ3v) is 4.20. The number of hydrogen-bond donors (Lipinski definition) is 0. The van der Waals surface area contributed by atoms with E-state index < -0.39 is 0 Å². The molecule has 0 fully saturated rings. The van der Waals surface area contributed by atoms with Crippen LogP contribution in [0.1, 0.15) is 37.5 Å². The Labute approximate surface area is 159 Å². The zero-order valence-electron chi connectivity index (χ0n) is 16.0. The monoisotopic (exact) mass is 367 g/mol. The summed E-state index contributed by atoms with van der Waals surface area (Å²) in [4.78, 5) is 18.8. The van der Waals surface area contributed by atoms with Gasteiger partial charge in [0.15, 0.2) is 0 Å². The molecule has 2 heterocycles. The molecular formula is C21H25N3O3. The van der Waals surface area contributed by atoms with Crippen LogP contribution in [0, 0.1) is 12.8 Å². The van der Waals surface area contributed by atoms with Crippen LogP contribution in [-0.4, -0.2) is 27.5 Å². The number of aryl methyl sites for hydroxylation is 1. The van der Waals surface area contributed by atoms with Gasteiger partial charge in [-0.2, -0.15) is 4.98 Å². The third-order valence-electron chi connectivity index (χ3n) is 4.20. The highest BCUT2D eigenvalue weighted by molar-refractivity contribution is 5.76. The van der Waals surface area contributed by atoms with Gasteiger partial charge in [0.25, 0.3) is 0 Å². The molecule has 0 atom stereocenters. The molecule has 3 aromatic rings. The normalized spacial score (nSPS) is 11.1. The quantitative estimate of drug-likeness (QED) is 0.595. The molecule has 0 spiro atoms. The van der Waals surface area contributed by atoms with Crippen LogP contribution in [0.25, 0.3) is 11.4 Å². The third kappa shape index (κ3) is 5.29. The molecule has 0 saturated carbocycles. The van der Waals surface area contributed by atoms with Crippen LogP contribution in [0.5, 0.6) is 0 Å². The lowest BCUT2D eigenvalue weighted by Crippen LogP contribution is -2.33. The minimum absolute atomic E-state index is 0.0971. The van der Waals surface area contributed by atoms with E-state index in [4.69, 9.17) is 8.94 Å². The Kier molecular flexibility index (Phi) is 6.06. The summed E-state index contributed by atoms with van der Waals surface area (Å²) >= 11 is 0. The lowest BCUT2D eigenvalue weighted by Gasteiger charge is -2.22. The average molecular weight is 367 g/mol. The van der Waals surface area contributed by atoms with Crippen LogP contribution in [0.15, 0.2) is 51.6 Å². The first-order chi connectivity index (χ1) is 13.0. The number of aromatic nitrogens is 2. The molecule has 0 saturated heterocycles. The van der Waals surface area contributed by atoms with Crippen molar-refractivity contribution >= 4 is 5.91 Å². The van der Waals surface area contributed by atoms with Gasteiger partial charge in [-0.1, -0.05) is 42.8 Å². The fourth-order valence-electron chi connectivity index (χ4n) is 2.85. The second kappa shape index (κ2) is 8.66. The van der Waals surface area contributed by atoms with E-state index >= 15 is 0 Å². The summed E-state index contributed by atoms with van der Waals surface area (Å²) in [6, 6.07) is 11.7. The van der Waals surface area contributed by atoms with Crippen LogP contribution in [0.3, 0.4) is 0 Å². The van der Waals surface area contributed by atoms with Crippen LogP contribution in [0.4, 0.5) is 0 Å². The molecular weight excluding hydrogens is 342 g/mol. The smallest absolute Gasteiger partial charge is 0.228 e. The number of nitrogens with zero attached hydrogens (tertiary/aromatic N) is 3. The molecule has 0 aliphatic carbocycles. The number of carbonyl (C=O) groups excluding carboxylic acids is 1. The fourth-order valence-corrected chi connectivity index (χ4v) is 2.85. The van der Waals surface area contributed by atoms with E-state index in [1.807, 2.05) is 57.2 Å². The van der Waals surface area contributed by atoms with Gasteiger partial charge in [-0.3, -0.25) is 4.79 Å². The van der Waals surface area contributed by atoms with Crippen LogP contribution < -0.4 is 0 Å². The van der Waals surface area contributed by atoms with Crippen LogP contribution in [0.2, 0.25) is 0 Å². The summed E-state index contributed by atoms with van der Waals surface area (Å²) in [6.07, 6.45) is 2.62. The van der Waals surface area contributed by atoms with Crippen molar-refractivity contribution < 1.29 is 13.7 Å². The SMILES string of the molecule is Cc1cccc(-c2noc(CCN(Cc3ccco3)C(=O)CC(C)C)n2)c1. The first-order valence-corrected chi connectivity index (χ1v) is 9.21. The topological polar surface area (TPSA) is 72.4 Å². The van der Waals surface area contributed by atoms with Crippen LogP contribution >= 0.6 is 0 Å². The van der Waals surface area contributed by atoms with Gasteiger partial charge in [0.1, 0.15) is 5.76 Å². The van der Waals surface area contributed by atoms with Crippen molar-refractivity contribution in [3.05, 3.63) is 59.9 Å². The fraction of sp³-hybridized carbons (Fsp3) is 0.381. The van der Waals surface area contributed by atoms with E-state index in [1.165, 1.54) is 0 Å². The Hall–Kier alpha value is -2.89. The summed E-state index contributed by atoms with van der Waals surface area (Å²) in [5.41, 5.74) is 2.07. The van der Waals surface area contributed by atoms with E-state index in [-0.39, 0.29) is 5.91 Å². The number of amides is 1. The maximum absolute atomic E-state index is 12.6. The van der Waals surface area contributed by atoms with Gasteiger partial charge in [-0.05, 0) is 31.0 Å². The van der Waals surface area contributed by atoms with E-state index in [0.29, 0.717) is 43.6 Å². The minimum atomic E-state index is 0.0971. The highest BCUT2D eigenvalue weighted by atomic mass is 16.5. The van der Waals surface area contributed by atoms with Gasteiger partial charge in [0.2, 0.25) is 17.6 Å². The second-order valence-corrected chi connectivity index (χ2v) is 7.12. The molecule has 3 rings (SSSR count). The van der Waals surface area contributed by atoms with Gasteiger partial charge < -0.3 is 13.8 Å². The molecule has 27 heavy (non-hydrogen) atoms. The summed E-state index contributed by atoms with van der Waals surface area (Å²) in [5.74, 6) is 2.25. The van der Waals surface area contributed by atoms with Crippen molar-refractivity contribution in [1.82, 2.24) is 15.0 Å². The van der Waals surface area contributed by atoms with Crippen molar-refractivity contribution in [1.29, 1.82) is 0 Å². The lowest BCUT2D eigenvalue weighted by atomic mass is 10.1. The lowest BCUT2D eigenvalue weighted by molar-refractivity contribution is -0.132. The molecule has 2 aromatic heterocycles. The molecule has 0 N–H and O–H groups in total. The Morgan fingerprint density at radius 3 is 2.78 bits per heavy atom. The molecule has 0 bridgehead atoms. The number of hydrogen-bond acceptors (Lipinski definition) is 5. The Bertz CT molecular complexity index is 868. The van der Waals surface area contributed by atoms with Crippen molar-refractivity contribution in [2.75, 3.05) is 6.54 Å². The highest BCUT2D eigenvalue weighted by Gasteiger charge is 2.18. The number of carbonyl (C=O) groups is 1. The van der Waals surface area contributed by atoms with Crippen molar-refractivity contribution in [3.8, 4) is 11.4 Å². The van der Waals surface area contributed by atoms with Gasteiger partial charge in [-0.25, -0.2) is 0 Å². The van der Waals surface area contributed by atoms with Crippen LogP contribution in [-0.2, 0) is 17.8 Å². The molecule has 0 unspecified atom stereocenters. The molecule has 1 amide bonds. The predicted molar refractivity (Wildman–Crippen MR) is 102 cm³/mol. The van der Waals surface area contributed by atoms with Gasteiger partial charge in [0, 0.05) is 24.9 Å². The highest BCUT2D eigenvalue weighted by Crippen LogP contribution is 2.18. The van der Waals surface area contributed by atoms with Gasteiger partial charge >= 0.3 is 0 Å². The minimum Gasteiger partial charge on any atom is -0.467 e. The maximum atomic E-state index is 12.6. The number of rotatable bonds is 8. The second-order valence-electron chi connectivity index (χ2n) is 7.12. The average Bonchev–Trinajstić information content (AvgIpc) is 3.30. The standard InChI is InChI=1S/C21H25N3O3/c1-15(2)12-20(25)24(14-18-8-5-11-26-18)10-9-19-22-21(23-27-19)17-7-4-6-16(3)13-17/h4-8,11,13,15H,9-10,12,14H2,1-3H3. The van der Waals surface area contributed by atoms with Crippen molar-refractivity contribution in [3.63, 3.8) is 0 Å². The Morgan fingerprint density at radius 2 is 2.07 bits per heavy atom. The zero-order valence-corrected chi connectivity index (χ0v) is 16.0. The first kappa shape index (κ1) is 18.9. The molecule has 142 valence electrons. The summed E-state index contributed by atoms with van der Waals surface area (Å²) in [6.45, 7) is 7.04. The Morgan fingerprint density at radius 1 is 1.22 bits per heavy atom. The first-order valence-electron chi connectivity index (χ1n) is 9.21. The molecule has 0 aliphatic rings.